The van der Waals surface area contributed by atoms with Crippen LogP contribution in [0.4, 0.5) is 11.4 Å². The van der Waals surface area contributed by atoms with E-state index in [0.717, 1.165) is 11.3 Å². The first-order valence-corrected chi connectivity index (χ1v) is 5.70. The van der Waals surface area contributed by atoms with Gasteiger partial charge in [-0.25, -0.2) is 0 Å². The van der Waals surface area contributed by atoms with Crippen LogP contribution in [-0.2, 0) is 0 Å². The maximum atomic E-state index is 12.0. The van der Waals surface area contributed by atoms with Gasteiger partial charge in [0.2, 0.25) is 0 Å². The minimum atomic E-state index is -0.134. The zero-order valence-corrected chi connectivity index (χ0v) is 10.4. The Morgan fingerprint density at radius 3 is 2.44 bits per heavy atom. The highest BCUT2D eigenvalue weighted by molar-refractivity contribution is 6.04. The molecule has 0 atom stereocenters. The molecule has 4 heteroatoms. The molecular weight excluding hydrogens is 226 g/mol. The number of nitrogens with zero attached hydrogens (tertiary/aromatic N) is 1. The first-order valence-electron chi connectivity index (χ1n) is 5.70. The monoisotopic (exact) mass is 241 g/mol. The molecule has 18 heavy (non-hydrogen) atoms. The molecule has 0 unspecified atom stereocenters. The predicted octanol–water partition coefficient (Wildman–Crippen LogP) is 2.68. The van der Waals surface area contributed by atoms with E-state index in [2.05, 4.69) is 15.6 Å². The van der Waals surface area contributed by atoms with Crippen LogP contribution in [-0.4, -0.2) is 17.9 Å². The molecule has 1 aromatic carbocycles. The standard InChI is InChI=1S/C14H15N3O/c1-10-7-13(9-16-8-10)17-14(18)11-3-5-12(15-2)6-4-11/h3-9,15H,1-2H3,(H,17,18). The van der Waals surface area contributed by atoms with Crippen LogP contribution < -0.4 is 10.6 Å². The Bertz CT molecular complexity index is 549. The van der Waals surface area contributed by atoms with Crippen molar-refractivity contribution in [3.63, 3.8) is 0 Å². The molecule has 0 saturated heterocycles. The number of hydrogen-bond donors (Lipinski definition) is 2. The molecule has 2 aromatic rings. The number of amides is 1. The summed E-state index contributed by atoms with van der Waals surface area (Å²) in [5.74, 6) is -0.134. The van der Waals surface area contributed by atoms with Crippen LogP contribution in [0.25, 0.3) is 0 Å². The topological polar surface area (TPSA) is 54.0 Å². The van der Waals surface area contributed by atoms with E-state index in [-0.39, 0.29) is 5.91 Å². The summed E-state index contributed by atoms with van der Waals surface area (Å²) in [6.07, 6.45) is 3.38. The van der Waals surface area contributed by atoms with E-state index in [9.17, 15) is 4.79 Å². The van der Waals surface area contributed by atoms with Crippen LogP contribution >= 0.6 is 0 Å². The molecule has 2 N–H and O–H groups in total. The second-order valence-corrected chi connectivity index (χ2v) is 4.03. The highest BCUT2D eigenvalue weighted by Gasteiger charge is 2.05. The first-order chi connectivity index (χ1) is 8.69. The first kappa shape index (κ1) is 12.1. The molecule has 1 amide bonds. The van der Waals surface area contributed by atoms with E-state index >= 15 is 0 Å². The lowest BCUT2D eigenvalue weighted by Crippen LogP contribution is -2.12. The Hall–Kier alpha value is -2.36. The Kier molecular flexibility index (Phi) is 3.57. The Morgan fingerprint density at radius 2 is 1.83 bits per heavy atom. The fraction of sp³-hybridized carbons (Fsp3) is 0.143. The van der Waals surface area contributed by atoms with Crippen molar-refractivity contribution < 1.29 is 4.79 Å². The quantitative estimate of drug-likeness (QED) is 0.868. The number of aryl methyl sites for hydroxylation is 1. The van der Waals surface area contributed by atoms with E-state index in [1.807, 2.05) is 32.2 Å². The summed E-state index contributed by atoms with van der Waals surface area (Å²) in [6, 6.07) is 9.18. The van der Waals surface area contributed by atoms with Gasteiger partial charge in [-0.05, 0) is 42.8 Å². The van der Waals surface area contributed by atoms with Crippen LogP contribution in [0.1, 0.15) is 15.9 Å². The molecule has 92 valence electrons. The second-order valence-electron chi connectivity index (χ2n) is 4.03. The van der Waals surface area contributed by atoms with Gasteiger partial charge >= 0.3 is 0 Å². The summed E-state index contributed by atoms with van der Waals surface area (Å²) < 4.78 is 0. The van der Waals surface area contributed by atoms with Gasteiger partial charge in [-0.1, -0.05) is 0 Å². The largest absolute Gasteiger partial charge is 0.388 e. The third-order valence-electron chi connectivity index (χ3n) is 2.57. The number of carbonyl (C=O) groups is 1. The maximum Gasteiger partial charge on any atom is 0.255 e. The van der Waals surface area contributed by atoms with Gasteiger partial charge in [0.05, 0.1) is 11.9 Å². The maximum absolute atomic E-state index is 12.0. The van der Waals surface area contributed by atoms with Crippen molar-refractivity contribution in [2.24, 2.45) is 0 Å². The molecule has 1 aromatic heterocycles. The van der Waals surface area contributed by atoms with Crippen molar-refractivity contribution in [2.45, 2.75) is 6.92 Å². The van der Waals surface area contributed by atoms with Crippen LogP contribution in [0.3, 0.4) is 0 Å². The normalized spacial score (nSPS) is 9.89. The summed E-state index contributed by atoms with van der Waals surface area (Å²) in [6.45, 7) is 1.93. The number of carbonyl (C=O) groups excluding carboxylic acids is 1. The number of benzene rings is 1. The highest BCUT2D eigenvalue weighted by atomic mass is 16.1. The van der Waals surface area contributed by atoms with Gasteiger partial charge in [0.15, 0.2) is 0 Å². The van der Waals surface area contributed by atoms with E-state index in [4.69, 9.17) is 0 Å². The van der Waals surface area contributed by atoms with Crippen molar-refractivity contribution in [1.29, 1.82) is 0 Å². The molecule has 2 rings (SSSR count). The van der Waals surface area contributed by atoms with Gasteiger partial charge in [-0.3, -0.25) is 9.78 Å². The van der Waals surface area contributed by atoms with Gasteiger partial charge in [-0.15, -0.1) is 0 Å². The Morgan fingerprint density at radius 1 is 1.11 bits per heavy atom. The third-order valence-corrected chi connectivity index (χ3v) is 2.57. The van der Waals surface area contributed by atoms with Gasteiger partial charge in [0, 0.05) is 24.5 Å². The molecule has 0 radical (unpaired) electrons. The fourth-order valence-electron chi connectivity index (χ4n) is 1.61. The zero-order chi connectivity index (χ0) is 13.0. The minimum Gasteiger partial charge on any atom is -0.388 e. The number of pyridine rings is 1. The zero-order valence-electron chi connectivity index (χ0n) is 10.4. The molecule has 0 aliphatic rings. The fourth-order valence-corrected chi connectivity index (χ4v) is 1.61. The summed E-state index contributed by atoms with van der Waals surface area (Å²) in [4.78, 5) is 16.0. The number of aromatic nitrogens is 1. The lowest BCUT2D eigenvalue weighted by atomic mass is 10.2. The van der Waals surface area contributed by atoms with E-state index < -0.39 is 0 Å². The van der Waals surface area contributed by atoms with Crippen molar-refractivity contribution in [1.82, 2.24) is 4.98 Å². The minimum absolute atomic E-state index is 0.134. The highest BCUT2D eigenvalue weighted by Crippen LogP contribution is 2.12. The summed E-state index contributed by atoms with van der Waals surface area (Å²) in [5, 5.41) is 5.82. The molecule has 0 aliphatic carbocycles. The lowest BCUT2D eigenvalue weighted by molar-refractivity contribution is 0.102. The number of rotatable bonds is 3. The van der Waals surface area contributed by atoms with Gasteiger partial charge in [0.25, 0.3) is 5.91 Å². The van der Waals surface area contributed by atoms with E-state index in [1.165, 1.54) is 0 Å². The second kappa shape index (κ2) is 5.31. The number of anilines is 2. The smallest absolute Gasteiger partial charge is 0.255 e. The Balaban J connectivity index is 2.11. The molecule has 0 spiro atoms. The molecule has 4 nitrogen and oxygen atoms in total. The summed E-state index contributed by atoms with van der Waals surface area (Å²) in [5.41, 5.74) is 3.32. The predicted molar refractivity (Wildman–Crippen MR) is 72.9 cm³/mol. The molecule has 0 fully saturated rings. The Labute approximate surface area is 106 Å². The van der Waals surface area contributed by atoms with Crippen LogP contribution in [0, 0.1) is 6.92 Å². The van der Waals surface area contributed by atoms with Crippen LogP contribution in [0.15, 0.2) is 42.7 Å². The van der Waals surface area contributed by atoms with Crippen molar-refractivity contribution in [3.8, 4) is 0 Å². The third kappa shape index (κ3) is 2.85. The molecule has 0 bridgehead atoms. The van der Waals surface area contributed by atoms with Gasteiger partial charge in [-0.2, -0.15) is 0 Å². The van der Waals surface area contributed by atoms with Crippen LogP contribution in [0.2, 0.25) is 0 Å². The molecule has 1 heterocycles. The summed E-state index contributed by atoms with van der Waals surface area (Å²) in [7, 11) is 1.84. The van der Waals surface area contributed by atoms with Gasteiger partial charge in [0.1, 0.15) is 0 Å². The average Bonchev–Trinajstić information content (AvgIpc) is 2.39. The average molecular weight is 241 g/mol. The summed E-state index contributed by atoms with van der Waals surface area (Å²) >= 11 is 0. The number of nitrogens with one attached hydrogen (secondary N) is 2. The molecular formula is C14H15N3O. The number of hydrogen-bond acceptors (Lipinski definition) is 3. The van der Waals surface area contributed by atoms with Gasteiger partial charge < -0.3 is 10.6 Å². The SMILES string of the molecule is CNc1ccc(C(=O)Nc2cncc(C)c2)cc1. The van der Waals surface area contributed by atoms with E-state index in [1.54, 1.807) is 24.5 Å². The lowest BCUT2D eigenvalue weighted by Gasteiger charge is -2.06. The molecule has 0 saturated carbocycles. The van der Waals surface area contributed by atoms with Crippen molar-refractivity contribution in [2.75, 3.05) is 17.7 Å². The van der Waals surface area contributed by atoms with Crippen LogP contribution in [0.5, 0.6) is 0 Å². The van der Waals surface area contributed by atoms with Crippen molar-refractivity contribution in [3.05, 3.63) is 53.9 Å². The molecule has 0 aliphatic heterocycles. The van der Waals surface area contributed by atoms with Crippen molar-refractivity contribution >= 4 is 17.3 Å². The van der Waals surface area contributed by atoms with E-state index in [0.29, 0.717) is 11.3 Å².